The molecule has 0 spiro atoms. The molecule has 5 rings (SSSR count). The van der Waals surface area contributed by atoms with Crippen molar-refractivity contribution in [2.45, 2.75) is 130 Å². The van der Waals surface area contributed by atoms with E-state index in [1.165, 1.54) is 0 Å². The highest BCUT2D eigenvalue weighted by Gasteiger charge is 2.68. The summed E-state index contributed by atoms with van der Waals surface area (Å²) in [5, 5.41) is 8.63. The second kappa shape index (κ2) is 13.4. The van der Waals surface area contributed by atoms with Crippen molar-refractivity contribution in [3.63, 3.8) is 0 Å². The van der Waals surface area contributed by atoms with E-state index < -0.39 is 48.2 Å². The number of carbonyl (C=O) groups excluding carboxylic acids is 3. The van der Waals surface area contributed by atoms with Crippen LogP contribution in [-0.2, 0) is 25.3 Å². The monoisotopic (exact) mass is 611 g/mol. The second-order valence-electron chi connectivity index (χ2n) is 15.3. The zero-order valence-electron chi connectivity index (χ0n) is 28.3. The molecule has 1 saturated heterocycles. The number of hydrogen-bond acceptors (Lipinski definition) is 6. The number of aryl methyl sites for hydroxylation is 1. The van der Waals surface area contributed by atoms with Gasteiger partial charge in [0.15, 0.2) is 0 Å². The minimum absolute atomic E-state index is 0.0135. The number of amides is 3. The largest absolute Gasteiger partial charge is 0.481 e. The molecule has 3 N–H and O–H groups in total. The molecule has 44 heavy (non-hydrogen) atoms. The Morgan fingerprint density at radius 3 is 2.34 bits per heavy atom. The molecular formula is C34H54BN3O6. The van der Waals surface area contributed by atoms with Gasteiger partial charge < -0.3 is 30.0 Å². The van der Waals surface area contributed by atoms with Crippen molar-refractivity contribution >= 4 is 25.0 Å². The predicted molar refractivity (Wildman–Crippen MR) is 172 cm³/mol. The minimum Gasteiger partial charge on any atom is -0.444 e. The fraction of sp³-hybridized carbons (Fsp3) is 0.735. The Morgan fingerprint density at radius 1 is 1.07 bits per heavy atom. The summed E-state index contributed by atoms with van der Waals surface area (Å²) in [5.74, 6) is 0.0306. The van der Waals surface area contributed by atoms with Gasteiger partial charge in [-0.15, -0.1) is 0 Å². The number of carbonyl (C=O) groups is 3. The summed E-state index contributed by atoms with van der Waals surface area (Å²) in [6.45, 7) is 18.3. The van der Waals surface area contributed by atoms with Gasteiger partial charge in [-0.2, -0.15) is 0 Å². The summed E-state index contributed by atoms with van der Waals surface area (Å²) in [6.07, 6.45) is 5.17. The molecule has 6 atom stereocenters. The van der Waals surface area contributed by atoms with Gasteiger partial charge >= 0.3 is 13.2 Å². The van der Waals surface area contributed by atoms with Gasteiger partial charge in [0, 0.05) is 5.56 Å². The van der Waals surface area contributed by atoms with Crippen LogP contribution in [0.15, 0.2) is 24.3 Å². The Morgan fingerprint density at radius 2 is 1.75 bits per heavy atom. The first-order valence-corrected chi connectivity index (χ1v) is 16.5. The molecule has 1 unspecified atom stereocenters. The first-order valence-electron chi connectivity index (χ1n) is 16.5. The molecule has 2 bridgehead atoms. The summed E-state index contributed by atoms with van der Waals surface area (Å²) in [5.41, 5.74) is 0.703. The van der Waals surface area contributed by atoms with Gasteiger partial charge in [-0.3, -0.25) is 9.59 Å². The fourth-order valence-electron chi connectivity index (χ4n) is 7.25. The molecule has 1 aromatic rings. The van der Waals surface area contributed by atoms with Gasteiger partial charge in [-0.05, 0) is 101 Å². The van der Waals surface area contributed by atoms with Crippen LogP contribution in [0.2, 0.25) is 0 Å². The molecule has 244 valence electrons. The third-order valence-corrected chi connectivity index (χ3v) is 9.86. The van der Waals surface area contributed by atoms with Crippen molar-refractivity contribution in [3.8, 4) is 0 Å². The van der Waals surface area contributed by atoms with E-state index in [-0.39, 0.29) is 24.0 Å². The zero-order chi connectivity index (χ0) is 32.4. The van der Waals surface area contributed by atoms with Gasteiger partial charge in [0.05, 0.1) is 24.2 Å². The van der Waals surface area contributed by atoms with E-state index in [1.807, 2.05) is 12.1 Å². The number of hydrogen-bond donors (Lipinski definition) is 3. The highest BCUT2D eigenvalue weighted by Crippen LogP contribution is 2.65. The molecule has 1 aliphatic heterocycles. The zero-order valence-corrected chi connectivity index (χ0v) is 28.3. The maximum Gasteiger partial charge on any atom is 0.481 e. The quantitative estimate of drug-likeness (QED) is 0.271. The number of unbranched alkanes of at least 4 members (excludes halogenated alkanes) is 1. The molecule has 3 aliphatic carbocycles. The van der Waals surface area contributed by atoms with E-state index in [9.17, 15) is 14.4 Å². The van der Waals surface area contributed by atoms with E-state index in [2.05, 4.69) is 57.5 Å². The van der Waals surface area contributed by atoms with Crippen LogP contribution in [0.4, 0.5) is 4.79 Å². The number of nitrogens with one attached hydrogen (secondary N) is 3. The number of rotatable bonds is 12. The normalized spacial score (nSPS) is 26.7. The van der Waals surface area contributed by atoms with E-state index in [1.54, 1.807) is 32.9 Å². The summed E-state index contributed by atoms with van der Waals surface area (Å²) < 4.78 is 18.6. The summed E-state index contributed by atoms with van der Waals surface area (Å²) >= 11 is 0. The van der Waals surface area contributed by atoms with E-state index in [0.717, 1.165) is 37.7 Å². The Bertz CT molecular complexity index is 1180. The van der Waals surface area contributed by atoms with Gasteiger partial charge in [0.1, 0.15) is 11.6 Å². The van der Waals surface area contributed by atoms with Crippen LogP contribution in [0.25, 0.3) is 0 Å². The lowest BCUT2D eigenvalue weighted by Gasteiger charge is -2.64. The Kier molecular flexibility index (Phi) is 10.5. The van der Waals surface area contributed by atoms with Gasteiger partial charge in [-0.1, -0.05) is 53.2 Å². The molecular weight excluding hydrogens is 557 g/mol. The fourth-order valence-corrected chi connectivity index (χ4v) is 7.25. The Balaban J connectivity index is 1.48. The van der Waals surface area contributed by atoms with Crippen LogP contribution in [0.1, 0.15) is 110 Å². The van der Waals surface area contributed by atoms with Crippen LogP contribution in [0, 0.1) is 23.2 Å². The Labute approximate surface area is 264 Å². The molecule has 9 nitrogen and oxygen atoms in total. The third kappa shape index (κ3) is 7.79. The SMILES string of the molecule is CCCCc1ccc(C(=O)NC(CNC(=O)OC(C)(C)C)C(=O)N[C@H](CC(C)C)B2O[C@@H]3C[C@H]4C[C@H](C4(C)C)[C@]3(C)O2)cc1. The van der Waals surface area contributed by atoms with Crippen molar-refractivity contribution < 1.29 is 28.4 Å². The Hall–Kier alpha value is -2.59. The second-order valence-corrected chi connectivity index (χ2v) is 15.3. The van der Waals surface area contributed by atoms with Crippen LogP contribution in [-0.4, -0.2) is 60.9 Å². The van der Waals surface area contributed by atoms with E-state index >= 15 is 0 Å². The van der Waals surface area contributed by atoms with Gasteiger partial charge in [-0.25, -0.2) is 4.79 Å². The lowest BCUT2D eigenvalue weighted by molar-refractivity contribution is -0.199. The van der Waals surface area contributed by atoms with Crippen LogP contribution < -0.4 is 16.0 Å². The molecule has 10 heteroatoms. The molecule has 0 radical (unpaired) electrons. The van der Waals surface area contributed by atoms with Crippen LogP contribution in [0.3, 0.4) is 0 Å². The van der Waals surface area contributed by atoms with Crippen molar-refractivity contribution in [2.75, 3.05) is 6.54 Å². The first kappa shape index (κ1) is 34.3. The van der Waals surface area contributed by atoms with Crippen LogP contribution >= 0.6 is 0 Å². The average Bonchev–Trinajstić information content (AvgIpc) is 3.29. The maximum absolute atomic E-state index is 13.9. The summed E-state index contributed by atoms with van der Waals surface area (Å²) in [7, 11) is -0.600. The summed E-state index contributed by atoms with van der Waals surface area (Å²) in [6, 6.07) is 6.38. The van der Waals surface area contributed by atoms with Crippen molar-refractivity contribution in [1.29, 1.82) is 0 Å². The number of benzene rings is 1. The predicted octanol–water partition coefficient (Wildman–Crippen LogP) is 5.45. The molecule has 0 aromatic heterocycles. The molecule has 4 fully saturated rings. The van der Waals surface area contributed by atoms with Gasteiger partial charge in [0.2, 0.25) is 5.91 Å². The molecule has 4 aliphatic rings. The van der Waals surface area contributed by atoms with E-state index in [0.29, 0.717) is 23.8 Å². The number of ether oxygens (including phenoxy) is 1. The van der Waals surface area contributed by atoms with Crippen molar-refractivity contribution in [1.82, 2.24) is 16.0 Å². The standard InChI is InChI=1S/C34H54BN3O6/c1-10-11-12-22-13-15-23(16-14-22)29(39)37-25(20-36-31(41)42-32(4,5)6)30(40)38-28(17-21(2)3)35-43-27-19-24-18-26(33(24,7)8)34(27,9)44-35/h13-16,21,24-28H,10-12,17-20H2,1-9H3,(H,36,41)(H,37,39)(H,38,40)/t24-,25?,26-,27-,28-,34+/m1/s1. The van der Waals surface area contributed by atoms with Crippen LogP contribution in [0.5, 0.6) is 0 Å². The smallest absolute Gasteiger partial charge is 0.444 e. The highest BCUT2D eigenvalue weighted by molar-refractivity contribution is 6.48. The maximum atomic E-state index is 13.9. The summed E-state index contributed by atoms with van der Waals surface area (Å²) in [4.78, 5) is 39.7. The van der Waals surface area contributed by atoms with E-state index in [4.69, 9.17) is 14.0 Å². The third-order valence-electron chi connectivity index (χ3n) is 9.86. The lowest BCUT2D eigenvalue weighted by Crippen LogP contribution is -2.65. The average molecular weight is 612 g/mol. The first-order chi connectivity index (χ1) is 20.5. The lowest BCUT2D eigenvalue weighted by atomic mass is 9.43. The highest BCUT2D eigenvalue weighted by atomic mass is 16.7. The molecule has 3 amide bonds. The van der Waals surface area contributed by atoms with Gasteiger partial charge in [0.25, 0.3) is 5.91 Å². The number of alkyl carbamates (subject to hydrolysis) is 1. The molecule has 1 aromatic carbocycles. The van der Waals surface area contributed by atoms with Crippen molar-refractivity contribution in [2.24, 2.45) is 23.2 Å². The molecule has 1 heterocycles. The van der Waals surface area contributed by atoms with Crippen molar-refractivity contribution in [3.05, 3.63) is 35.4 Å². The molecule has 3 saturated carbocycles. The minimum atomic E-state index is -1.05. The topological polar surface area (TPSA) is 115 Å².